The van der Waals surface area contributed by atoms with Crippen LogP contribution < -0.4 is 0 Å². The molecule has 1 aromatic carbocycles. The fourth-order valence-corrected chi connectivity index (χ4v) is 3.04. The number of hydrogen-bond acceptors (Lipinski definition) is 2. The lowest BCUT2D eigenvalue weighted by atomic mass is 9.83. The highest BCUT2D eigenvalue weighted by Crippen LogP contribution is 2.33. The van der Waals surface area contributed by atoms with Crippen molar-refractivity contribution in [3.8, 4) is 0 Å². The Kier molecular flexibility index (Phi) is 4.59. The smallest absolute Gasteiger partial charge is 0.313 e. The van der Waals surface area contributed by atoms with Crippen LogP contribution in [-0.4, -0.2) is 22.3 Å². The number of carbonyl (C=O) groups is 1. The summed E-state index contributed by atoms with van der Waals surface area (Å²) in [5.74, 6) is -1.18. The summed E-state index contributed by atoms with van der Waals surface area (Å²) in [7, 11) is 0. The van der Waals surface area contributed by atoms with Crippen molar-refractivity contribution in [1.29, 1.82) is 0 Å². The first-order valence-electron chi connectivity index (χ1n) is 7.10. The summed E-state index contributed by atoms with van der Waals surface area (Å²) in [6.45, 7) is 1.52. The predicted molar refractivity (Wildman–Crippen MR) is 74.3 cm³/mol. The minimum atomic E-state index is -0.972. The van der Waals surface area contributed by atoms with Crippen molar-refractivity contribution in [3.63, 3.8) is 0 Å². The Labute approximate surface area is 114 Å². The number of carboxylic acids is 1. The van der Waals surface area contributed by atoms with E-state index in [9.17, 15) is 9.90 Å². The third-order valence-electron chi connectivity index (χ3n) is 4.12. The van der Waals surface area contributed by atoms with E-state index < -0.39 is 18.0 Å². The lowest BCUT2D eigenvalue weighted by Crippen LogP contribution is -2.23. The molecule has 1 aliphatic carbocycles. The van der Waals surface area contributed by atoms with E-state index >= 15 is 0 Å². The van der Waals surface area contributed by atoms with Crippen molar-refractivity contribution < 1.29 is 15.0 Å². The second-order valence-electron chi connectivity index (χ2n) is 5.56. The molecule has 0 heterocycles. The average molecular weight is 262 g/mol. The maximum atomic E-state index is 11.2. The lowest BCUT2D eigenvalue weighted by Gasteiger charge is -2.23. The Balaban J connectivity index is 2.14. The summed E-state index contributed by atoms with van der Waals surface area (Å²) < 4.78 is 0. The van der Waals surface area contributed by atoms with Gasteiger partial charge >= 0.3 is 5.97 Å². The van der Waals surface area contributed by atoms with Crippen LogP contribution in [0.1, 0.15) is 62.0 Å². The summed E-state index contributed by atoms with van der Waals surface area (Å²) in [6.07, 6.45) is 5.50. The molecule has 104 valence electrons. The van der Waals surface area contributed by atoms with E-state index in [1.54, 1.807) is 0 Å². The molecule has 0 saturated heterocycles. The molecule has 1 saturated carbocycles. The molecule has 19 heavy (non-hydrogen) atoms. The summed E-state index contributed by atoms with van der Waals surface area (Å²) in [5.41, 5.74) is 1.99. The Morgan fingerprint density at radius 2 is 1.74 bits per heavy atom. The number of carboxylic acid groups (broad SMARTS) is 1. The Bertz CT molecular complexity index is 416. The Morgan fingerprint density at radius 3 is 2.21 bits per heavy atom. The van der Waals surface area contributed by atoms with Crippen LogP contribution in [-0.2, 0) is 4.79 Å². The topological polar surface area (TPSA) is 57.5 Å². The van der Waals surface area contributed by atoms with Gasteiger partial charge in [-0.1, -0.05) is 43.5 Å². The Morgan fingerprint density at radius 1 is 1.16 bits per heavy atom. The van der Waals surface area contributed by atoms with Crippen LogP contribution in [0.3, 0.4) is 0 Å². The quantitative estimate of drug-likeness (QED) is 0.875. The van der Waals surface area contributed by atoms with Crippen molar-refractivity contribution in [1.82, 2.24) is 0 Å². The molecule has 1 aromatic rings. The molecule has 0 aliphatic heterocycles. The number of hydrogen-bond donors (Lipinski definition) is 2. The fourth-order valence-electron chi connectivity index (χ4n) is 3.04. The van der Waals surface area contributed by atoms with Gasteiger partial charge < -0.3 is 10.2 Å². The standard InChI is InChI=1S/C16H22O3/c1-11(17)15(16(18)19)14-9-7-13(8-10-14)12-5-3-2-4-6-12/h7-12,15,17H,2-6H2,1H3,(H,18,19). The molecule has 1 aliphatic rings. The van der Waals surface area contributed by atoms with Crippen LogP contribution >= 0.6 is 0 Å². The third-order valence-corrected chi connectivity index (χ3v) is 4.12. The van der Waals surface area contributed by atoms with E-state index in [1.165, 1.54) is 44.6 Å². The van der Waals surface area contributed by atoms with Crippen LogP contribution in [0.4, 0.5) is 0 Å². The molecule has 0 spiro atoms. The monoisotopic (exact) mass is 262 g/mol. The van der Waals surface area contributed by atoms with Gasteiger partial charge in [-0.25, -0.2) is 0 Å². The maximum absolute atomic E-state index is 11.2. The van der Waals surface area contributed by atoms with Gasteiger partial charge in [-0.15, -0.1) is 0 Å². The van der Waals surface area contributed by atoms with E-state index in [2.05, 4.69) is 0 Å². The first kappa shape index (κ1) is 14.1. The normalized spacial score (nSPS) is 19.9. The largest absolute Gasteiger partial charge is 0.481 e. The molecule has 2 N–H and O–H groups in total. The highest BCUT2D eigenvalue weighted by atomic mass is 16.4. The second-order valence-corrected chi connectivity index (χ2v) is 5.56. The van der Waals surface area contributed by atoms with E-state index in [-0.39, 0.29) is 0 Å². The average Bonchev–Trinajstić information content (AvgIpc) is 2.40. The zero-order valence-corrected chi connectivity index (χ0v) is 11.4. The SMILES string of the molecule is CC(O)C(C(=O)O)c1ccc(C2CCCCC2)cc1. The summed E-state index contributed by atoms with van der Waals surface area (Å²) in [6, 6.07) is 7.78. The fraction of sp³-hybridized carbons (Fsp3) is 0.562. The van der Waals surface area contributed by atoms with Gasteiger partial charge in [-0.05, 0) is 36.8 Å². The zero-order chi connectivity index (χ0) is 13.8. The van der Waals surface area contributed by atoms with E-state index in [1.807, 2.05) is 24.3 Å². The number of aliphatic carboxylic acids is 1. The number of aliphatic hydroxyl groups excluding tert-OH is 1. The molecule has 2 atom stereocenters. The van der Waals surface area contributed by atoms with E-state index in [0.29, 0.717) is 11.5 Å². The van der Waals surface area contributed by atoms with E-state index in [4.69, 9.17) is 5.11 Å². The highest BCUT2D eigenvalue weighted by Gasteiger charge is 2.25. The minimum absolute atomic E-state index is 0.623. The van der Waals surface area contributed by atoms with Gasteiger partial charge in [-0.3, -0.25) is 4.79 Å². The zero-order valence-electron chi connectivity index (χ0n) is 11.4. The van der Waals surface area contributed by atoms with Crippen LogP contribution in [0.5, 0.6) is 0 Å². The van der Waals surface area contributed by atoms with E-state index in [0.717, 1.165) is 0 Å². The van der Waals surface area contributed by atoms with Crippen molar-refractivity contribution in [2.24, 2.45) is 0 Å². The minimum Gasteiger partial charge on any atom is -0.481 e. The third kappa shape index (κ3) is 3.35. The number of aliphatic hydroxyl groups is 1. The van der Waals surface area contributed by atoms with Crippen molar-refractivity contribution in [2.75, 3.05) is 0 Å². The first-order valence-corrected chi connectivity index (χ1v) is 7.10. The van der Waals surface area contributed by atoms with Gasteiger partial charge in [0.1, 0.15) is 5.92 Å². The molecule has 3 nitrogen and oxygen atoms in total. The van der Waals surface area contributed by atoms with Crippen LogP contribution in [0, 0.1) is 0 Å². The summed E-state index contributed by atoms with van der Waals surface area (Å²) in [4.78, 5) is 11.2. The van der Waals surface area contributed by atoms with Gasteiger partial charge in [0.25, 0.3) is 0 Å². The molecular formula is C16H22O3. The molecule has 3 heteroatoms. The first-order chi connectivity index (χ1) is 9.09. The molecule has 2 unspecified atom stereocenters. The van der Waals surface area contributed by atoms with Crippen LogP contribution in [0.25, 0.3) is 0 Å². The predicted octanol–water partition coefficient (Wildman–Crippen LogP) is 3.28. The van der Waals surface area contributed by atoms with Gasteiger partial charge in [-0.2, -0.15) is 0 Å². The van der Waals surface area contributed by atoms with Crippen LogP contribution in [0.15, 0.2) is 24.3 Å². The second kappa shape index (κ2) is 6.20. The molecule has 1 fully saturated rings. The van der Waals surface area contributed by atoms with Gasteiger partial charge in [0.05, 0.1) is 6.10 Å². The number of rotatable bonds is 4. The Hall–Kier alpha value is -1.35. The highest BCUT2D eigenvalue weighted by molar-refractivity contribution is 5.76. The summed E-state index contributed by atoms with van der Waals surface area (Å²) >= 11 is 0. The molecule has 0 bridgehead atoms. The van der Waals surface area contributed by atoms with Crippen molar-refractivity contribution >= 4 is 5.97 Å². The maximum Gasteiger partial charge on any atom is 0.313 e. The van der Waals surface area contributed by atoms with Crippen molar-refractivity contribution in [2.45, 2.75) is 57.0 Å². The van der Waals surface area contributed by atoms with Gasteiger partial charge in [0.2, 0.25) is 0 Å². The molecule has 0 radical (unpaired) electrons. The molecule has 0 aromatic heterocycles. The lowest BCUT2D eigenvalue weighted by molar-refractivity contribution is -0.141. The number of benzene rings is 1. The van der Waals surface area contributed by atoms with Crippen LogP contribution in [0.2, 0.25) is 0 Å². The van der Waals surface area contributed by atoms with Gasteiger partial charge in [0, 0.05) is 0 Å². The van der Waals surface area contributed by atoms with Crippen molar-refractivity contribution in [3.05, 3.63) is 35.4 Å². The molecule has 2 rings (SSSR count). The summed E-state index contributed by atoms with van der Waals surface area (Å²) in [5, 5.41) is 18.7. The van der Waals surface area contributed by atoms with Gasteiger partial charge in [0.15, 0.2) is 0 Å². The molecule has 0 amide bonds. The molecular weight excluding hydrogens is 240 g/mol.